The molecule has 0 aromatic heterocycles. The van der Waals surface area contributed by atoms with E-state index in [1.54, 1.807) is 0 Å². The predicted octanol–water partition coefficient (Wildman–Crippen LogP) is 0.588. The van der Waals surface area contributed by atoms with Crippen LogP contribution >= 0.6 is 0 Å². The number of hydrogen-bond donors (Lipinski definition) is 2. The molecule has 1 aliphatic heterocycles. The number of carbonyl (C=O) groups is 1. The maximum Gasteiger partial charge on any atom is 0.234 e. The third kappa shape index (κ3) is 7.50. The molecule has 19 heavy (non-hydrogen) atoms. The molecule has 0 radical (unpaired) electrons. The van der Waals surface area contributed by atoms with Gasteiger partial charge in [0.25, 0.3) is 0 Å². The first kappa shape index (κ1) is 16.4. The summed E-state index contributed by atoms with van der Waals surface area (Å²) in [6.45, 7) is 8.86. The number of hydrogen-bond acceptors (Lipinski definition) is 4. The van der Waals surface area contributed by atoms with Crippen LogP contribution in [0.2, 0.25) is 0 Å². The van der Waals surface area contributed by atoms with Crippen molar-refractivity contribution in [2.24, 2.45) is 11.7 Å². The monoisotopic (exact) mass is 271 g/mol. The molecule has 1 aliphatic rings. The van der Waals surface area contributed by atoms with Gasteiger partial charge in [-0.15, -0.1) is 0 Å². The highest BCUT2D eigenvalue weighted by atomic mass is 16.5. The van der Waals surface area contributed by atoms with Gasteiger partial charge in [-0.05, 0) is 38.3 Å². The van der Waals surface area contributed by atoms with Gasteiger partial charge in [-0.1, -0.05) is 13.8 Å². The van der Waals surface area contributed by atoms with E-state index < -0.39 is 0 Å². The topological polar surface area (TPSA) is 67.6 Å². The van der Waals surface area contributed by atoms with Gasteiger partial charge in [0.15, 0.2) is 0 Å². The fraction of sp³-hybridized carbons (Fsp3) is 0.929. The highest BCUT2D eigenvalue weighted by Gasteiger charge is 2.18. The average Bonchev–Trinajstić information content (AvgIpc) is 2.36. The lowest BCUT2D eigenvalue weighted by Gasteiger charge is -2.27. The van der Waals surface area contributed by atoms with E-state index in [2.05, 4.69) is 24.1 Å². The molecule has 0 spiro atoms. The fourth-order valence-electron chi connectivity index (χ4n) is 2.38. The van der Waals surface area contributed by atoms with Crippen LogP contribution in [0.15, 0.2) is 0 Å². The Labute approximate surface area is 116 Å². The summed E-state index contributed by atoms with van der Waals surface area (Å²) in [5.41, 5.74) is 5.55. The fourth-order valence-corrected chi connectivity index (χ4v) is 2.38. The van der Waals surface area contributed by atoms with E-state index >= 15 is 0 Å². The molecule has 0 aliphatic carbocycles. The summed E-state index contributed by atoms with van der Waals surface area (Å²) in [5.74, 6) is 0.693. The number of ether oxygens (including phenoxy) is 1. The van der Waals surface area contributed by atoms with Crippen molar-refractivity contribution in [3.63, 3.8) is 0 Å². The molecule has 1 heterocycles. The minimum absolute atomic E-state index is 0.129. The Balaban J connectivity index is 2.31. The Hall–Kier alpha value is -0.650. The van der Waals surface area contributed by atoms with Crippen molar-refractivity contribution < 1.29 is 9.53 Å². The Kier molecular flexibility index (Phi) is 8.02. The SMILES string of the molecule is CC(C)CN(CCCN)CC(=O)NC1CCOCC1. The van der Waals surface area contributed by atoms with Gasteiger partial charge in [0.05, 0.1) is 6.54 Å². The van der Waals surface area contributed by atoms with E-state index in [4.69, 9.17) is 10.5 Å². The number of nitrogens with two attached hydrogens (primary N) is 1. The van der Waals surface area contributed by atoms with Gasteiger partial charge in [0.1, 0.15) is 0 Å². The summed E-state index contributed by atoms with van der Waals surface area (Å²) in [6.07, 6.45) is 2.80. The lowest BCUT2D eigenvalue weighted by molar-refractivity contribution is -0.123. The smallest absolute Gasteiger partial charge is 0.234 e. The summed E-state index contributed by atoms with van der Waals surface area (Å²) in [7, 11) is 0. The zero-order valence-corrected chi connectivity index (χ0v) is 12.4. The van der Waals surface area contributed by atoms with E-state index in [0.717, 1.165) is 45.6 Å². The highest BCUT2D eigenvalue weighted by Crippen LogP contribution is 2.06. The minimum atomic E-state index is 0.129. The maximum atomic E-state index is 12.0. The Morgan fingerprint density at radius 2 is 2.11 bits per heavy atom. The predicted molar refractivity (Wildman–Crippen MR) is 76.9 cm³/mol. The molecule has 0 atom stereocenters. The molecule has 3 N–H and O–H groups in total. The molecule has 0 unspecified atom stereocenters. The normalized spacial score (nSPS) is 17.1. The molecule has 5 heteroatoms. The number of amides is 1. The van der Waals surface area contributed by atoms with Crippen molar-refractivity contribution in [1.29, 1.82) is 0 Å². The van der Waals surface area contributed by atoms with Gasteiger partial charge in [0.2, 0.25) is 5.91 Å². The zero-order chi connectivity index (χ0) is 14.1. The van der Waals surface area contributed by atoms with E-state index in [-0.39, 0.29) is 11.9 Å². The van der Waals surface area contributed by atoms with Gasteiger partial charge >= 0.3 is 0 Å². The lowest BCUT2D eigenvalue weighted by atomic mass is 10.1. The van der Waals surface area contributed by atoms with Crippen molar-refractivity contribution >= 4 is 5.91 Å². The largest absolute Gasteiger partial charge is 0.381 e. The summed E-state index contributed by atoms with van der Waals surface area (Å²) < 4.78 is 5.29. The number of nitrogens with zero attached hydrogens (tertiary/aromatic N) is 1. The van der Waals surface area contributed by atoms with Crippen molar-refractivity contribution in [3.8, 4) is 0 Å². The van der Waals surface area contributed by atoms with Crippen LogP contribution in [0.25, 0.3) is 0 Å². The Morgan fingerprint density at radius 1 is 1.42 bits per heavy atom. The quantitative estimate of drug-likeness (QED) is 0.678. The number of nitrogens with one attached hydrogen (secondary N) is 1. The molecule has 112 valence electrons. The molecule has 1 fully saturated rings. The lowest BCUT2D eigenvalue weighted by Crippen LogP contribution is -2.45. The molecule has 0 aromatic rings. The van der Waals surface area contributed by atoms with E-state index in [1.165, 1.54) is 0 Å². The van der Waals surface area contributed by atoms with Crippen LogP contribution in [0.4, 0.5) is 0 Å². The maximum absolute atomic E-state index is 12.0. The van der Waals surface area contributed by atoms with Crippen LogP contribution < -0.4 is 11.1 Å². The van der Waals surface area contributed by atoms with Gasteiger partial charge in [-0.3, -0.25) is 9.69 Å². The summed E-state index contributed by atoms with van der Waals surface area (Å²) >= 11 is 0. The summed E-state index contributed by atoms with van der Waals surface area (Å²) in [5, 5.41) is 3.11. The molecular formula is C14H29N3O2. The number of carbonyl (C=O) groups excluding carboxylic acids is 1. The van der Waals surface area contributed by atoms with Crippen molar-refractivity contribution in [3.05, 3.63) is 0 Å². The number of rotatable bonds is 8. The van der Waals surface area contributed by atoms with Crippen molar-refractivity contribution in [1.82, 2.24) is 10.2 Å². The molecule has 5 nitrogen and oxygen atoms in total. The second-order valence-corrected chi connectivity index (χ2v) is 5.73. The van der Waals surface area contributed by atoms with Gasteiger partial charge < -0.3 is 15.8 Å². The summed E-state index contributed by atoms with van der Waals surface area (Å²) in [4.78, 5) is 14.2. The molecule has 1 amide bonds. The molecular weight excluding hydrogens is 242 g/mol. The molecule has 0 aromatic carbocycles. The van der Waals surface area contributed by atoms with E-state index in [0.29, 0.717) is 19.0 Å². The average molecular weight is 271 g/mol. The standard InChI is InChI=1S/C14H29N3O2/c1-12(2)10-17(7-3-6-15)11-14(18)16-13-4-8-19-9-5-13/h12-13H,3-11,15H2,1-2H3,(H,16,18). The van der Waals surface area contributed by atoms with Crippen LogP contribution in [-0.2, 0) is 9.53 Å². The van der Waals surface area contributed by atoms with Gasteiger partial charge in [-0.25, -0.2) is 0 Å². The molecule has 1 saturated heterocycles. The molecule has 0 saturated carbocycles. The first-order valence-electron chi connectivity index (χ1n) is 7.41. The van der Waals surface area contributed by atoms with Gasteiger partial charge in [0, 0.05) is 25.8 Å². The van der Waals surface area contributed by atoms with Crippen LogP contribution in [0.1, 0.15) is 33.1 Å². The van der Waals surface area contributed by atoms with Crippen LogP contribution in [0.5, 0.6) is 0 Å². The van der Waals surface area contributed by atoms with Gasteiger partial charge in [-0.2, -0.15) is 0 Å². The van der Waals surface area contributed by atoms with E-state index in [9.17, 15) is 4.79 Å². The molecule has 0 bridgehead atoms. The van der Waals surface area contributed by atoms with E-state index in [1.807, 2.05) is 0 Å². The third-order valence-electron chi connectivity index (χ3n) is 3.26. The molecule has 1 rings (SSSR count). The first-order chi connectivity index (χ1) is 9.11. The van der Waals surface area contributed by atoms with Crippen molar-refractivity contribution in [2.75, 3.05) is 39.4 Å². The second-order valence-electron chi connectivity index (χ2n) is 5.73. The van der Waals surface area contributed by atoms with Crippen molar-refractivity contribution in [2.45, 2.75) is 39.2 Å². The first-order valence-corrected chi connectivity index (χ1v) is 7.41. The zero-order valence-electron chi connectivity index (χ0n) is 12.4. The summed E-state index contributed by atoms with van der Waals surface area (Å²) in [6, 6.07) is 0.289. The highest BCUT2D eigenvalue weighted by molar-refractivity contribution is 5.78. The van der Waals surface area contributed by atoms with Crippen LogP contribution in [0, 0.1) is 5.92 Å². The second kappa shape index (κ2) is 9.28. The third-order valence-corrected chi connectivity index (χ3v) is 3.26. The van der Waals surface area contributed by atoms with Crippen LogP contribution in [0.3, 0.4) is 0 Å². The van der Waals surface area contributed by atoms with Crippen LogP contribution in [-0.4, -0.2) is 56.2 Å². The Bertz CT molecular complexity index is 253. The minimum Gasteiger partial charge on any atom is -0.381 e. The Morgan fingerprint density at radius 3 is 2.68 bits per heavy atom.